The zero-order valence-corrected chi connectivity index (χ0v) is 9.91. The first-order valence-corrected chi connectivity index (χ1v) is 5.51. The van der Waals surface area contributed by atoms with Crippen LogP contribution in [0.15, 0.2) is 42.6 Å². The third-order valence-electron chi connectivity index (χ3n) is 2.59. The predicted molar refractivity (Wildman–Crippen MR) is 71.0 cm³/mol. The fourth-order valence-corrected chi connectivity index (χ4v) is 1.55. The maximum absolute atomic E-state index is 10.5. The summed E-state index contributed by atoms with van der Waals surface area (Å²) >= 11 is 0. The second kappa shape index (κ2) is 5.23. The first kappa shape index (κ1) is 12.0. The van der Waals surface area contributed by atoms with Crippen LogP contribution in [0.25, 0.3) is 12.2 Å². The lowest BCUT2D eigenvalue weighted by Gasteiger charge is -1.97. The van der Waals surface area contributed by atoms with Gasteiger partial charge in [-0.05, 0) is 42.3 Å². The highest BCUT2D eigenvalue weighted by Crippen LogP contribution is 2.14. The maximum atomic E-state index is 10.5. The van der Waals surface area contributed by atoms with Crippen molar-refractivity contribution in [3.05, 3.63) is 69.5 Å². The molecule has 0 fully saturated rings. The van der Waals surface area contributed by atoms with E-state index in [0.717, 1.165) is 16.8 Å². The first-order valence-electron chi connectivity index (χ1n) is 5.51. The average molecular weight is 240 g/mol. The molecular weight excluding hydrogens is 228 g/mol. The van der Waals surface area contributed by atoms with Crippen molar-refractivity contribution >= 4 is 17.8 Å². The zero-order chi connectivity index (χ0) is 13.0. The monoisotopic (exact) mass is 240 g/mol. The normalized spacial score (nSPS) is 10.7. The molecule has 18 heavy (non-hydrogen) atoms. The van der Waals surface area contributed by atoms with Crippen LogP contribution in [0.1, 0.15) is 16.8 Å². The van der Waals surface area contributed by atoms with Gasteiger partial charge >= 0.3 is 0 Å². The van der Waals surface area contributed by atoms with Gasteiger partial charge in [-0.2, -0.15) is 0 Å². The van der Waals surface area contributed by atoms with E-state index in [-0.39, 0.29) is 5.69 Å². The summed E-state index contributed by atoms with van der Waals surface area (Å²) in [5, 5.41) is 10.5. The zero-order valence-electron chi connectivity index (χ0n) is 9.91. The van der Waals surface area contributed by atoms with Crippen molar-refractivity contribution in [3.63, 3.8) is 0 Å². The highest BCUT2D eigenvalue weighted by molar-refractivity contribution is 5.69. The molecule has 0 radical (unpaired) electrons. The molecule has 90 valence electrons. The molecule has 0 saturated heterocycles. The van der Waals surface area contributed by atoms with E-state index < -0.39 is 4.92 Å². The number of nitrogens with zero attached hydrogens (tertiary/aromatic N) is 2. The van der Waals surface area contributed by atoms with Crippen LogP contribution < -0.4 is 0 Å². The van der Waals surface area contributed by atoms with Gasteiger partial charge < -0.3 is 0 Å². The third-order valence-corrected chi connectivity index (χ3v) is 2.59. The van der Waals surface area contributed by atoms with E-state index in [0.29, 0.717) is 0 Å². The Kier molecular flexibility index (Phi) is 3.48. The lowest BCUT2D eigenvalue weighted by Crippen LogP contribution is -1.87. The van der Waals surface area contributed by atoms with Crippen LogP contribution in [0, 0.1) is 17.0 Å². The third kappa shape index (κ3) is 2.79. The molecule has 0 atom stereocenters. The topological polar surface area (TPSA) is 56.0 Å². The van der Waals surface area contributed by atoms with E-state index >= 15 is 0 Å². The number of aryl methyl sites for hydroxylation is 1. The minimum absolute atomic E-state index is 0.0983. The molecular formula is C14H12N2O2. The van der Waals surface area contributed by atoms with Gasteiger partial charge in [-0.3, -0.25) is 15.1 Å². The molecule has 0 saturated carbocycles. The Labute approximate surface area is 105 Å². The summed E-state index contributed by atoms with van der Waals surface area (Å²) < 4.78 is 0. The van der Waals surface area contributed by atoms with E-state index in [1.165, 1.54) is 12.1 Å². The summed E-state index contributed by atoms with van der Waals surface area (Å²) in [6.45, 7) is 1.99. The van der Waals surface area contributed by atoms with Crippen LogP contribution in [0.4, 0.5) is 5.69 Å². The van der Waals surface area contributed by atoms with Gasteiger partial charge in [-0.1, -0.05) is 12.1 Å². The van der Waals surface area contributed by atoms with Crippen molar-refractivity contribution in [2.24, 2.45) is 0 Å². The lowest BCUT2D eigenvalue weighted by atomic mass is 10.1. The smallest absolute Gasteiger partial charge is 0.258 e. The highest BCUT2D eigenvalue weighted by Gasteiger charge is 2.02. The predicted octanol–water partition coefficient (Wildman–Crippen LogP) is 3.47. The van der Waals surface area contributed by atoms with Gasteiger partial charge in [-0.25, -0.2) is 0 Å². The molecule has 0 spiro atoms. The summed E-state index contributed by atoms with van der Waals surface area (Å²) in [5.74, 6) is 0. The Balaban J connectivity index is 2.19. The maximum Gasteiger partial charge on any atom is 0.269 e. The number of pyridine rings is 1. The van der Waals surface area contributed by atoms with E-state index in [1.807, 2.05) is 31.2 Å². The molecule has 0 N–H and O–H groups in total. The number of aromatic nitrogens is 1. The van der Waals surface area contributed by atoms with E-state index in [2.05, 4.69) is 4.98 Å². The van der Waals surface area contributed by atoms with Crippen molar-refractivity contribution in [1.29, 1.82) is 0 Å². The van der Waals surface area contributed by atoms with Gasteiger partial charge in [0, 0.05) is 18.3 Å². The molecule has 2 aromatic rings. The minimum Gasteiger partial charge on any atom is -0.258 e. The van der Waals surface area contributed by atoms with Gasteiger partial charge in [0.2, 0.25) is 0 Å². The Hall–Kier alpha value is -2.49. The number of benzene rings is 1. The van der Waals surface area contributed by atoms with Gasteiger partial charge in [-0.15, -0.1) is 0 Å². The van der Waals surface area contributed by atoms with Crippen molar-refractivity contribution in [1.82, 2.24) is 4.98 Å². The van der Waals surface area contributed by atoms with Gasteiger partial charge in [0.15, 0.2) is 0 Å². The van der Waals surface area contributed by atoms with Crippen LogP contribution in [0.5, 0.6) is 0 Å². The Morgan fingerprint density at radius 3 is 2.50 bits per heavy atom. The molecule has 1 aromatic heterocycles. The summed E-state index contributed by atoms with van der Waals surface area (Å²) in [5.41, 5.74) is 3.00. The first-order chi connectivity index (χ1) is 8.66. The number of nitro groups is 1. The number of non-ortho nitro benzene ring substituents is 1. The van der Waals surface area contributed by atoms with Gasteiger partial charge in [0.25, 0.3) is 5.69 Å². The highest BCUT2D eigenvalue weighted by atomic mass is 16.6. The summed E-state index contributed by atoms with van der Waals surface area (Å²) in [4.78, 5) is 14.4. The standard InChI is InChI=1S/C14H12N2O2/c1-11-3-2-10-15-14(11)9-6-12-4-7-13(8-5-12)16(17)18/h2-10H,1H3/b9-6+. The number of hydrogen-bond donors (Lipinski definition) is 0. The Bertz CT molecular complexity index is 589. The molecule has 0 unspecified atom stereocenters. The Morgan fingerprint density at radius 2 is 1.89 bits per heavy atom. The molecule has 4 heteroatoms. The fraction of sp³-hybridized carbons (Fsp3) is 0.0714. The molecule has 0 aliphatic rings. The lowest BCUT2D eigenvalue weighted by molar-refractivity contribution is -0.384. The SMILES string of the molecule is Cc1cccnc1/C=C/c1ccc([N+](=O)[O-])cc1. The van der Waals surface area contributed by atoms with Gasteiger partial charge in [0.1, 0.15) is 0 Å². The molecule has 0 aliphatic carbocycles. The molecule has 1 heterocycles. The average Bonchev–Trinajstić information content (AvgIpc) is 2.38. The molecule has 2 rings (SSSR count). The Morgan fingerprint density at radius 1 is 1.17 bits per heavy atom. The van der Waals surface area contributed by atoms with Crippen molar-refractivity contribution in [2.45, 2.75) is 6.92 Å². The van der Waals surface area contributed by atoms with Crippen LogP contribution >= 0.6 is 0 Å². The molecule has 0 bridgehead atoms. The summed E-state index contributed by atoms with van der Waals surface area (Å²) in [6.07, 6.45) is 5.53. The van der Waals surface area contributed by atoms with E-state index in [9.17, 15) is 10.1 Å². The van der Waals surface area contributed by atoms with Crippen molar-refractivity contribution in [2.75, 3.05) is 0 Å². The second-order valence-corrected chi connectivity index (χ2v) is 3.89. The van der Waals surface area contributed by atoms with Crippen LogP contribution in [0.2, 0.25) is 0 Å². The molecule has 4 nitrogen and oxygen atoms in total. The van der Waals surface area contributed by atoms with Crippen LogP contribution in [-0.4, -0.2) is 9.91 Å². The minimum atomic E-state index is -0.406. The quantitative estimate of drug-likeness (QED) is 0.609. The number of nitro benzene ring substituents is 1. The second-order valence-electron chi connectivity index (χ2n) is 3.89. The van der Waals surface area contributed by atoms with E-state index in [1.54, 1.807) is 18.3 Å². The fourth-order valence-electron chi connectivity index (χ4n) is 1.55. The van der Waals surface area contributed by atoms with Crippen LogP contribution in [0.3, 0.4) is 0 Å². The molecule has 0 aliphatic heterocycles. The largest absolute Gasteiger partial charge is 0.269 e. The molecule has 1 aromatic carbocycles. The van der Waals surface area contributed by atoms with Crippen LogP contribution in [-0.2, 0) is 0 Å². The number of hydrogen-bond acceptors (Lipinski definition) is 3. The summed E-state index contributed by atoms with van der Waals surface area (Å²) in [7, 11) is 0. The van der Waals surface area contributed by atoms with Crippen molar-refractivity contribution < 1.29 is 4.92 Å². The van der Waals surface area contributed by atoms with Gasteiger partial charge in [0.05, 0.1) is 10.6 Å². The summed E-state index contributed by atoms with van der Waals surface area (Å²) in [6, 6.07) is 10.3. The van der Waals surface area contributed by atoms with Crippen molar-refractivity contribution in [3.8, 4) is 0 Å². The number of rotatable bonds is 3. The molecule has 0 amide bonds. The van der Waals surface area contributed by atoms with E-state index in [4.69, 9.17) is 0 Å².